The fraction of sp³-hybridized carbons (Fsp3) is 1.00. The van der Waals surface area contributed by atoms with Crippen LogP contribution >= 0.6 is 0 Å². The van der Waals surface area contributed by atoms with Crippen LogP contribution in [0.25, 0.3) is 0 Å². The van der Waals surface area contributed by atoms with Crippen molar-refractivity contribution < 1.29 is 13.2 Å². The van der Waals surface area contributed by atoms with E-state index in [0.29, 0.717) is 0 Å². The van der Waals surface area contributed by atoms with Gasteiger partial charge in [0.15, 0.2) is 0 Å². The van der Waals surface area contributed by atoms with Crippen LogP contribution in [-0.2, 0) is 0 Å². The van der Waals surface area contributed by atoms with Gasteiger partial charge in [0.05, 0.1) is 5.92 Å². The lowest BCUT2D eigenvalue weighted by atomic mass is 10.1. The second-order valence-electron chi connectivity index (χ2n) is 4.70. The van der Waals surface area contributed by atoms with Gasteiger partial charge in [0.25, 0.3) is 0 Å². The summed E-state index contributed by atoms with van der Waals surface area (Å²) in [5, 5.41) is 0. The highest BCUT2D eigenvalue weighted by Crippen LogP contribution is 2.57. The quantitative estimate of drug-likeness (QED) is 0.639. The average Bonchev–Trinajstić information content (AvgIpc) is 2.74. The van der Waals surface area contributed by atoms with E-state index in [-0.39, 0.29) is 18.0 Å². The predicted octanol–water partition coefficient (Wildman–Crippen LogP) is 2.67. The van der Waals surface area contributed by atoms with Crippen LogP contribution in [0.2, 0.25) is 0 Å². The number of nitrogens with zero attached hydrogens (tertiary/aromatic N) is 1. The van der Waals surface area contributed by atoms with E-state index in [4.69, 9.17) is 0 Å². The lowest BCUT2D eigenvalue weighted by Crippen LogP contribution is -2.38. The number of halogens is 3. The molecule has 2 aliphatic rings. The molecule has 3 atom stereocenters. The summed E-state index contributed by atoms with van der Waals surface area (Å²) in [6.07, 6.45) is -2.29. The van der Waals surface area contributed by atoms with Crippen LogP contribution in [0, 0.1) is 11.8 Å². The van der Waals surface area contributed by atoms with E-state index >= 15 is 0 Å². The monoisotopic (exact) mass is 207 g/mol. The molecule has 1 aliphatic carbocycles. The van der Waals surface area contributed by atoms with Crippen molar-refractivity contribution in [2.45, 2.75) is 44.9 Å². The number of rotatable bonds is 1. The van der Waals surface area contributed by atoms with E-state index in [1.165, 1.54) is 0 Å². The molecule has 0 N–H and O–H groups in total. The van der Waals surface area contributed by atoms with Gasteiger partial charge in [0, 0.05) is 12.1 Å². The van der Waals surface area contributed by atoms with E-state index in [0.717, 1.165) is 19.4 Å². The average molecular weight is 207 g/mol. The molecule has 0 spiro atoms. The van der Waals surface area contributed by atoms with Crippen LogP contribution < -0.4 is 0 Å². The third-order valence-electron chi connectivity index (χ3n) is 3.50. The lowest BCUT2D eigenvalue weighted by molar-refractivity contribution is -0.154. The fourth-order valence-electron chi connectivity index (χ4n) is 2.86. The molecule has 1 saturated carbocycles. The van der Waals surface area contributed by atoms with E-state index < -0.39 is 12.1 Å². The molecule has 2 rings (SSSR count). The predicted molar refractivity (Wildman–Crippen MR) is 47.9 cm³/mol. The van der Waals surface area contributed by atoms with E-state index in [2.05, 4.69) is 0 Å². The summed E-state index contributed by atoms with van der Waals surface area (Å²) in [5.74, 6) is -1.14. The Hall–Kier alpha value is -0.250. The third kappa shape index (κ3) is 1.53. The lowest BCUT2D eigenvalue weighted by Gasteiger charge is -2.30. The summed E-state index contributed by atoms with van der Waals surface area (Å²) in [6, 6.07) is 0.0406. The van der Waals surface area contributed by atoms with Gasteiger partial charge in [-0.15, -0.1) is 0 Å². The number of hydrogen-bond donors (Lipinski definition) is 0. The van der Waals surface area contributed by atoms with Gasteiger partial charge in [-0.1, -0.05) is 0 Å². The Morgan fingerprint density at radius 2 is 1.93 bits per heavy atom. The largest absolute Gasteiger partial charge is 0.393 e. The Bertz CT molecular complexity index is 224. The zero-order valence-corrected chi connectivity index (χ0v) is 8.51. The molecule has 2 fully saturated rings. The van der Waals surface area contributed by atoms with Gasteiger partial charge in [0.2, 0.25) is 0 Å². The highest BCUT2D eigenvalue weighted by molar-refractivity contribution is 5.10. The van der Waals surface area contributed by atoms with Gasteiger partial charge in [0.1, 0.15) is 0 Å². The summed E-state index contributed by atoms with van der Waals surface area (Å²) in [6.45, 7) is 4.80. The van der Waals surface area contributed by atoms with Gasteiger partial charge in [-0.2, -0.15) is 13.2 Å². The fourth-order valence-corrected chi connectivity index (χ4v) is 2.86. The van der Waals surface area contributed by atoms with Crippen molar-refractivity contribution in [2.75, 3.05) is 6.54 Å². The van der Waals surface area contributed by atoms with Gasteiger partial charge in [-0.3, -0.25) is 4.90 Å². The highest BCUT2D eigenvalue weighted by Gasteiger charge is 2.66. The van der Waals surface area contributed by atoms with Crippen molar-refractivity contribution in [3.63, 3.8) is 0 Å². The minimum absolute atomic E-state index is 0.105. The zero-order valence-electron chi connectivity index (χ0n) is 8.51. The van der Waals surface area contributed by atoms with Gasteiger partial charge >= 0.3 is 6.18 Å². The molecule has 0 aromatic rings. The second-order valence-corrected chi connectivity index (χ2v) is 4.70. The van der Waals surface area contributed by atoms with E-state index in [1.807, 2.05) is 18.7 Å². The van der Waals surface area contributed by atoms with Crippen molar-refractivity contribution in [3.05, 3.63) is 0 Å². The maximum Gasteiger partial charge on any atom is 0.393 e. The maximum atomic E-state index is 12.6. The molecular weight excluding hydrogens is 191 g/mol. The number of alkyl halides is 3. The summed E-state index contributed by atoms with van der Waals surface area (Å²) in [7, 11) is 0. The number of hydrogen-bond acceptors (Lipinski definition) is 1. The van der Waals surface area contributed by atoms with Crippen LogP contribution in [-0.4, -0.2) is 29.7 Å². The van der Waals surface area contributed by atoms with E-state index in [1.54, 1.807) is 0 Å². The molecule has 3 unspecified atom stereocenters. The summed E-state index contributed by atoms with van der Waals surface area (Å²) < 4.78 is 37.7. The molecule has 1 aliphatic heterocycles. The molecule has 0 aromatic carbocycles. The molecule has 0 amide bonds. The first kappa shape index (κ1) is 10.3. The first-order chi connectivity index (χ1) is 6.43. The number of likely N-dealkylation sites (tertiary alicyclic amines) is 1. The Morgan fingerprint density at radius 3 is 2.43 bits per heavy atom. The molecule has 1 heterocycles. The van der Waals surface area contributed by atoms with Crippen molar-refractivity contribution in [3.8, 4) is 0 Å². The minimum atomic E-state index is -3.98. The molecule has 0 aromatic heterocycles. The molecule has 0 bridgehead atoms. The van der Waals surface area contributed by atoms with Crippen LogP contribution in [0.1, 0.15) is 26.7 Å². The molecule has 0 radical (unpaired) electrons. The van der Waals surface area contributed by atoms with Crippen molar-refractivity contribution in [1.82, 2.24) is 4.90 Å². The van der Waals surface area contributed by atoms with Crippen molar-refractivity contribution >= 4 is 0 Å². The molecular formula is C10H16F3N. The van der Waals surface area contributed by atoms with Gasteiger partial charge in [-0.05, 0) is 39.2 Å². The highest BCUT2D eigenvalue weighted by atomic mass is 19.4. The Morgan fingerprint density at radius 1 is 1.29 bits per heavy atom. The van der Waals surface area contributed by atoms with Crippen LogP contribution in [0.4, 0.5) is 13.2 Å². The third-order valence-corrected chi connectivity index (χ3v) is 3.50. The molecule has 1 saturated heterocycles. The van der Waals surface area contributed by atoms with Crippen molar-refractivity contribution in [2.24, 2.45) is 11.8 Å². The number of piperidine rings is 1. The molecule has 1 nitrogen and oxygen atoms in total. The first-order valence-corrected chi connectivity index (χ1v) is 5.25. The van der Waals surface area contributed by atoms with Crippen molar-refractivity contribution in [1.29, 1.82) is 0 Å². The van der Waals surface area contributed by atoms with E-state index in [9.17, 15) is 13.2 Å². The van der Waals surface area contributed by atoms with Crippen LogP contribution in [0.5, 0.6) is 0 Å². The summed E-state index contributed by atoms with van der Waals surface area (Å²) in [5.41, 5.74) is 0. The first-order valence-electron chi connectivity index (χ1n) is 5.25. The molecule has 4 heteroatoms. The molecule has 14 heavy (non-hydrogen) atoms. The maximum absolute atomic E-state index is 12.6. The Labute approximate surface area is 82.3 Å². The standard InChI is InChI=1S/C10H16F3N/c1-6(2)14-5-3-4-7-8(9(7)14)10(11,12)13/h6-9H,3-5H2,1-2H3. The Kier molecular flexibility index (Phi) is 2.29. The van der Waals surface area contributed by atoms with Crippen LogP contribution in [0.3, 0.4) is 0 Å². The van der Waals surface area contributed by atoms with Gasteiger partial charge in [-0.25, -0.2) is 0 Å². The summed E-state index contributed by atoms with van der Waals surface area (Å²) >= 11 is 0. The second kappa shape index (κ2) is 3.12. The zero-order chi connectivity index (χ0) is 10.5. The summed E-state index contributed by atoms with van der Waals surface area (Å²) in [4.78, 5) is 2.02. The SMILES string of the molecule is CC(C)N1CCCC2C1C2C(F)(F)F. The Balaban J connectivity index is 2.07. The normalized spacial score (nSPS) is 38.6. The van der Waals surface area contributed by atoms with Crippen LogP contribution in [0.15, 0.2) is 0 Å². The topological polar surface area (TPSA) is 3.24 Å². The smallest absolute Gasteiger partial charge is 0.297 e. The molecule has 82 valence electrons. The van der Waals surface area contributed by atoms with Gasteiger partial charge < -0.3 is 0 Å². The minimum Gasteiger partial charge on any atom is -0.297 e. The number of fused-ring (bicyclic) bond motifs is 1.